The van der Waals surface area contributed by atoms with Gasteiger partial charge in [0, 0.05) is 16.9 Å². The maximum atomic E-state index is 5.34. The highest BCUT2D eigenvalue weighted by molar-refractivity contribution is 9.10. The summed E-state index contributed by atoms with van der Waals surface area (Å²) in [6.45, 7) is 3.09. The fourth-order valence-corrected chi connectivity index (χ4v) is 2.99. The van der Waals surface area contributed by atoms with E-state index in [-0.39, 0.29) is 0 Å². The van der Waals surface area contributed by atoms with E-state index in [0.29, 0.717) is 5.92 Å². The second-order valence-electron chi connectivity index (χ2n) is 5.33. The molecule has 1 N–H and O–H groups in total. The van der Waals surface area contributed by atoms with Crippen LogP contribution in [0, 0.1) is 6.92 Å². The third-order valence-corrected chi connectivity index (χ3v) is 4.46. The van der Waals surface area contributed by atoms with Crippen molar-refractivity contribution in [1.29, 1.82) is 0 Å². The summed E-state index contributed by atoms with van der Waals surface area (Å²) in [6.07, 6.45) is 0.974. The van der Waals surface area contributed by atoms with Crippen molar-refractivity contribution in [2.45, 2.75) is 19.3 Å². The van der Waals surface area contributed by atoms with Gasteiger partial charge in [-0.15, -0.1) is 0 Å². The lowest BCUT2D eigenvalue weighted by Crippen LogP contribution is -2.19. The minimum atomic E-state index is 0.443. The Bertz CT molecular complexity index is 598. The zero-order valence-corrected chi connectivity index (χ0v) is 14.4. The van der Waals surface area contributed by atoms with Crippen molar-refractivity contribution >= 4 is 15.9 Å². The zero-order valence-electron chi connectivity index (χ0n) is 12.8. The molecule has 0 aliphatic carbocycles. The highest BCUT2D eigenvalue weighted by Crippen LogP contribution is 2.28. The molecule has 112 valence electrons. The summed E-state index contributed by atoms with van der Waals surface area (Å²) in [5.41, 5.74) is 3.95. The number of aryl methyl sites for hydroxylation is 1. The van der Waals surface area contributed by atoms with Gasteiger partial charge in [-0.3, -0.25) is 0 Å². The molecular formula is C18H22BrNO. The predicted molar refractivity (Wildman–Crippen MR) is 92.2 cm³/mol. The Morgan fingerprint density at radius 2 is 2.00 bits per heavy atom. The van der Waals surface area contributed by atoms with Crippen LogP contribution in [-0.4, -0.2) is 20.7 Å². The third kappa shape index (κ3) is 4.32. The standard InChI is InChI=1S/C18H22BrNO/c1-13-5-4-6-14(9-13)16(12-20-2)10-15-11-17(21-3)7-8-18(15)19/h4-9,11,16,20H,10,12H2,1-3H3. The largest absolute Gasteiger partial charge is 0.497 e. The van der Waals surface area contributed by atoms with E-state index in [1.54, 1.807) is 7.11 Å². The van der Waals surface area contributed by atoms with Crippen LogP contribution < -0.4 is 10.1 Å². The second kappa shape index (κ2) is 7.62. The van der Waals surface area contributed by atoms with Gasteiger partial charge in [0.15, 0.2) is 0 Å². The molecule has 0 saturated heterocycles. The Labute approximate surface area is 135 Å². The summed E-state index contributed by atoms with van der Waals surface area (Å²) in [5, 5.41) is 3.31. The van der Waals surface area contributed by atoms with Gasteiger partial charge in [0.2, 0.25) is 0 Å². The van der Waals surface area contributed by atoms with E-state index in [9.17, 15) is 0 Å². The van der Waals surface area contributed by atoms with E-state index in [1.165, 1.54) is 16.7 Å². The Morgan fingerprint density at radius 3 is 2.67 bits per heavy atom. The summed E-state index contributed by atoms with van der Waals surface area (Å²) in [7, 11) is 3.71. The Balaban J connectivity index is 2.28. The molecule has 0 aliphatic heterocycles. The van der Waals surface area contributed by atoms with Gasteiger partial charge in [0.25, 0.3) is 0 Å². The SMILES string of the molecule is CNCC(Cc1cc(OC)ccc1Br)c1cccc(C)c1. The van der Waals surface area contributed by atoms with E-state index >= 15 is 0 Å². The molecule has 1 unspecified atom stereocenters. The molecule has 0 heterocycles. The molecule has 1 atom stereocenters. The van der Waals surface area contributed by atoms with E-state index < -0.39 is 0 Å². The van der Waals surface area contributed by atoms with Gasteiger partial charge in [0.1, 0.15) is 5.75 Å². The number of hydrogen-bond acceptors (Lipinski definition) is 2. The van der Waals surface area contributed by atoms with E-state index in [1.807, 2.05) is 13.1 Å². The Hall–Kier alpha value is -1.32. The maximum absolute atomic E-state index is 5.34. The molecule has 0 amide bonds. The molecule has 0 bridgehead atoms. The van der Waals surface area contributed by atoms with E-state index in [2.05, 4.69) is 64.6 Å². The highest BCUT2D eigenvalue weighted by atomic mass is 79.9. The molecule has 21 heavy (non-hydrogen) atoms. The van der Waals surface area contributed by atoms with Crippen molar-refractivity contribution in [3.8, 4) is 5.75 Å². The maximum Gasteiger partial charge on any atom is 0.119 e. The summed E-state index contributed by atoms with van der Waals surface area (Å²) >= 11 is 3.65. The predicted octanol–water partition coefficient (Wildman–Crippen LogP) is 4.31. The molecule has 0 saturated carbocycles. The molecule has 2 nitrogen and oxygen atoms in total. The van der Waals surface area contributed by atoms with Gasteiger partial charge >= 0.3 is 0 Å². The van der Waals surface area contributed by atoms with Crippen molar-refractivity contribution in [2.24, 2.45) is 0 Å². The quantitative estimate of drug-likeness (QED) is 0.840. The monoisotopic (exact) mass is 347 g/mol. The highest BCUT2D eigenvalue weighted by Gasteiger charge is 2.14. The lowest BCUT2D eigenvalue weighted by Gasteiger charge is -2.19. The normalized spacial score (nSPS) is 12.2. The summed E-state index contributed by atoms with van der Waals surface area (Å²) in [5.74, 6) is 1.35. The number of likely N-dealkylation sites (N-methyl/N-ethyl adjacent to an activating group) is 1. The van der Waals surface area contributed by atoms with Crippen LogP contribution in [0.1, 0.15) is 22.6 Å². The fraction of sp³-hybridized carbons (Fsp3) is 0.333. The third-order valence-electron chi connectivity index (χ3n) is 3.68. The van der Waals surface area contributed by atoms with Crippen molar-refractivity contribution in [3.63, 3.8) is 0 Å². The number of hydrogen-bond donors (Lipinski definition) is 1. The molecule has 2 rings (SSSR count). The number of halogens is 1. The van der Waals surface area contributed by atoms with Crippen LogP contribution in [0.25, 0.3) is 0 Å². The van der Waals surface area contributed by atoms with Crippen LogP contribution in [0.3, 0.4) is 0 Å². The molecule has 2 aromatic rings. The first kappa shape index (κ1) is 16.1. The van der Waals surface area contributed by atoms with Crippen molar-refractivity contribution in [3.05, 3.63) is 63.6 Å². The summed E-state index contributed by atoms with van der Waals surface area (Å²) in [6, 6.07) is 14.9. The van der Waals surface area contributed by atoms with Crippen LogP contribution in [0.2, 0.25) is 0 Å². The molecule has 3 heteroatoms. The topological polar surface area (TPSA) is 21.3 Å². The molecule has 0 aliphatic rings. The Morgan fingerprint density at radius 1 is 1.19 bits per heavy atom. The average Bonchev–Trinajstić information content (AvgIpc) is 2.49. The molecule has 0 aromatic heterocycles. The number of methoxy groups -OCH3 is 1. The van der Waals surface area contributed by atoms with Gasteiger partial charge < -0.3 is 10.1 Å². The van der Waals surface area contributed by atoms with E-state index in [4.69, 9.17) is 4.74 Å². The van der Waals surface area contributed by atoms with Gasteiger partial charge in [0.05, 0.1) is 7.11 Å². The van der Waals surface area contributed by atoms with Crippen molar-refractivity contribution in [2.75, 3.05) is 20.7 Å². The number of ether oxygens (including phenoxy) is 1. The average molecular weight is 348 g/mol. The first-order valence-electron chi connectivity index (χ1n) is 7.17. The van der Waals surface area contributed by atoms with Gasteiger partial charge in [-0.25, -0.2) is 0 Å². The fourth-order valence-electron chi connectivity index (χ4n) is 2.58. The summed E-state index contributed by atoms with van der Waals surface area (Å²) < 4.78 is 6.48. The van der Waals surface area contributed by atoms with Crippen LogP contribution in [0.15, 0.2) is 46.9 Å². The lowest BCUT2D eigenvalue weighted by molar-refractivity contribution is 0.414. The molecule has 0 radical (unpaired) electrons. The van der Waals surface area contributed by atoms with Crippen molar-refractivity contribution < 1.29 is 4.74 Å². The van der Waals surface area contributed by atoms with Crippen molar-refractivity contribution in [1.82, 2.24) is 5.32 Å². The summed E-state index contributed by atoms with van der Waals surface area (Å²) in [4.78, 5) is 0. The number of rotatable bonds is 6. The molecule has 0 fully saturated rings. The zero-order chi connectivity index (χ0) is 15.2. The number of benzene rings is 2. The van der Waals surface area contributed by atoms with Crippen LogP contribution in [0.5, 0.6) is 5.75 Å². The first-order valence-corrected chi connectivity index (χ1v) is 7.97. The number of nitrogens with one attached hydrogen (secondary N) is 1. The minimum absolute atomic E-state index is 0.443. The van der Waals surface area contributed by atoms with Crippen LogP contribution in [0.4, 0.5) is 0 Å². The van der Waals surface area contributed by atoms with Gasteiger partial charge in [-0.1, -0.05) is 45.8 Å². The van der Waals surface area contributed by atoms with Gasteiger partial charge in [-0.2, -0.15) is 0 Å². The smallest absolute Gasteiger partial charge is 0.119 e. The van der Waals surface area contributed by atoms with Crippen LogP contribution in [-0.2, 0) is 6.42 Å². The Kier molecular flexibility index (Phi) is 5.83. The molecule has 2 aromatic carbocycles. The van der Waals surface area contributed by atoms with Gasteiger partial charge in [-0.05, 0) is 49.7 Å². The molecule has 0 spiro atoms. The van der Waals surface area contributed by atoms with E-state index in [0.717, 1.165) is 23.2 Å². The second-order valence-corrected chi connectivity index (χ2v) is 6.18. The minimum Gasteiger partial charge on any atom is -0.497 e. The lowest BCUT2D eigenvalue weighted by atomic mass is 9.91. The first-order chi connectivity index (χ1) is 10.1. The molecular weight excluding hydrogens is 326 g/mol. The van der Waals surface area contributed by atoms with Crippen LogP contribution >= 0.6 is 15.9 Å².